The Morgan fingerprint density at radius 3 is 2.05 bits per heavy atom. The van der Waals surface area contributed by atoms with Crippen LogP contribution in [-0.4, -0.2) is 13.5 Å². The summed E-state index contributed by atoms with van der Waals surface area (Å²) in [7, 11) is -3.94. The third kappa shape index (κ3) is 3.31. The van der Waals surface area contributed by atoms with Gasteiger partial charge in [-0.15, -0.1) is 0 Å². The Labute approximate surface area is 114 Å². The Balaban J connectivity index is 2.30. The summed E-state index contributed by atoms with van der Waals surface area (Å²) in [6, 6.07) is 7.88. The summed E-state index contributed by atoms with van der Waals surface area (Å²) in [5, 5.41) is 8.88. The van der Waals surface area contributed by atoms with Crippen molar-refractivity contribution < 1.29 is 22.3 Å². The standard InChI is InChI=1S/C13H11F2NO3S/c14-10-5-11(15)7-12(6-10)16-20(18,19)13-3-1-9(8-17)2-4-13/h1-7,16-17H,8H2. The minimum atomic E-state index is -3.94. The lowest BCUT2D eigenvalue weighted by atomic mass is 10.2. The molecular weight excluding hydrogens is 288 g/mol. The molecule has 0 aliphatic heterocycles. The predicted octanol–water partition coefficient (Wildman–Crippen LogP) is 2.26. The first-order valence-corrected chi connectivity index (χ1v) is 7.08. The highest BCUT2D eigenvalue weighted by molar-refractivity contribution is 7.92. The minimum Gasteiger partial charge on any atom is -0.392 e. The summed E-state index contributed by atoms with van der Waals surface area (Å²) in [6.45, 7) is -0.205. The molecule has 2 N–H and O–H groups in total. The fourth-order valence-corrected chi connectivity index (χ4v) is 2.64. The van der Waals surface area contributed by atoms with Crippen molar-refractivity contribution in [1.82, 2.24) is 0 Å². The SMILES string of the molecule is O=S(=O)(Nc1cc(F)cc(F)c1)c1ccc(CO)cc1. The second-order valence-electron chi connectivity index (χ2n) is 4.07. The maximum atomic E-state index is 13.0. The number of anilines is 1. The van der Waals surface area contributed by atoms with Crippen molar-refractivity contribution in [1.29, 1.82) is 0 Å². The van der Waals surface area contributed by atoms with E-state index in [0.717, 1.165) is 12.1 Å². The Morgan fingerprint density at radius 1 is 1.00 bits per heavy atom. The summed E-state index contributed by atoms with van der Waals surface area (Å²) in [5.74, 6) is -1.75. The molecule has 0 aromatic heterocycles. The minimum absolute atomic E-state index is 0.0700. The van der Waals surface area contributed by atoms with E-state index in [2.05, 4.69) is 4.72 Å². The number of hydrogen-bond donors (Lipinski definition) is 2. The van der Waals surface area contributed by atoms with Gasteiger partial charge in [0.15, 0.2) is 0 Å². The number of benzene rings is 2. The average molecular weight is 299 g/mol. The van der Waals surface area contributed by atoms with Gasteiger partial charge in [-0.1, -0.05) is 12.1 Å². The number of rotatable bonds is 4. The van der Waals surface area contributed by atoms with Crippen LogP contribution in [0.5, 0.6) is 0 Å². The van der Waals surface area contributed by atoms with Crippen molar-refractivity contribution in [2.45, 2.75) is 11.5 Å². The summed E-state index contributed by atoms with van der Waals surface area (Å²) < 4.78 is 52.1. The lowest BCUT2D eigenvalue weighted by Gasteiger charge is -2.08. The van der Waals surface area contributed by atoms with Crippen molar-refractivity contribution in [3.63, 3.8) is 0 Å². The van der Waals surface area contributed by atoms with Crippen LogP contribution >= 0.6 is 0 Å². The number of nitrogens with one attached hydrogen (secondary N) is 1. The molecule has 2 aromatic rings. The van der Waals surface area contributed by atoms with Gasteiger partial charge in [-0.3, -0.25) is 4.72 Å². The Kier molecular flexibility index (Phi) is 4.01. The number of aliphatic hydroxyl groups excluding tert-OH is 1. The van der Waals surface area contributed by atoms with Crippen molar-refractivity contribution in [3.8, 4) is 0 Å². The van der Waals surface area contributed by atoms with Gasteiger partial charge in [0.25, 0.3) is 10.0 Å². The molecule has 0 aliphatic rings. The number of halogens is 2. The third-order valence-corrected chi connectivity index (χ3v) is 3.93. The number of aliphatic hydroxyl groups is 1. The van der Waals surface area contributed by atoms with Gasteiger partial charge in [0.05, 0.1) is 17.2 Å². The fraction of sp³-hybridized carbons (Fsp3) is 0.0769. The predicted molar refractivity (Wildman–Crippen MR) is 69.5 cm³/mol. The molecule has 0 spiro atoms. The second-order valence-corrected chi connectivity index (χ2v) is 5.75. The van der Waals surface area contributed by atoms with Crippen LogP contribution in [0.1, 0.15) is 5.56 Å². The lowest BCUT2D eigenvalue weighted by molar-refractivity contribution is 0.282. The van der Waals surface area contributed by atoms with Crippen molar-refractivity contribution in [2.24, 2.45) is 0 Å². The van der Waals surface area contributed by atoms with Crippen LogP contribution in [0, 0.1) is 11.6 Å². The zero-order valence-electron chi connectivity index (χ0n) is 10.2. The van der Waals surface area contributed by atoms with Gasteiger partial charge in [0.1, 0.15) is 11.6 Å². The topological polar surface area (TPSA) is 66.4 Å². The van der Waals surface area contributed by atoms with E-state index >= 15 is 0 Å². The van der Waals surface area contributed by atoms with Gasteiger partial charge in [-0.05, 0) is 29.8 Å². The largest absolute Gasteiger partial charge is 0.392 e. The first-order chi connectivity index (χ1) is 9.40. The second kappa shape index (κ2) is 5.56. The molecule has 20 heavy (non-hydrogen) atoms. The molecular formula is C13H11F2NO3S. The van der Waals surface area contributed by atoms with Gasteiger partial charge < -0.3 is 5.11 Å². The molecule has 2 rings (SSSR count). The summed E-state index contributed by atoms with van der Waals surface area (Å²) >= 11 is 0. The quantitative estimate of drug-likeness (QED) is 0.910. The third-order valence-electron chi connectivity index (χ3n) is 2.53. The molecule has 0 atom stereocenters. The molecule has 0 fully saturated rings. The van der Waals surface area contributed by atoms with Gasteiger partial charge in [0, 0.05) is 6.07 Å². The molecule has 106 valence electrons. The lowest BCUT2D eigenvalue weighted by Crippen LogP contribution is -2.13. The molecule has 0 bridgehead atoms. The van der Waals surface area contributed by atoms with E-state index in [1.807, 2.05) is 0 Å². The van der Waals surface area contributed by atoms with Crippen LogP contribution in [0.15, 0.2) is 47.4 Å². The Bertz CT molecular complexity index is 695. The summed E-state index contributed by atoms with van der Waals surface area (Å²) in [5.41, 5.74) is 0.356. The van der Waals surface area contributed by atoms with E-state index in [-0.39, 0.29) is 17.2 Å². The first kappa shape index (κ1) is 14.4. The molecule has 0 amide bonds. The van der Waals surface area contributed by atoms with Crippen LogP contribution in [0.2, 0.25) is 0 Å². The van der Waals surface area contributed by atoms with Crippen LogP contribution in [0.3, 0.4) is 0 Å². The van der Waals surface area contributed by atoms with E-state index in [9.17, 15) is 17.2 Å². The summed E-state index contributed by atoms with van der Waals surface area (Å²) in [6.07, 6.45) is 0. The zero-order valence-corrected chi connectivity index (χ0v) is 11.0. The van der Waals surface area contributed by atoms with Crippen LogP contribution in [0.4, 0.5) is 14.5 Å². The van der Waals surface area contributed by atoms with Crippen LogP contribution < -0.4 is 4.72 Å². The Morgan fingerprint density at radius 2 is 1.55 bits per heavy atom. The molecule has 0 saturated carbocycles. The number of hydrogen-bond acceptors (Lipinski definition) is 3. The molecule has 4 nitrogen and oxygen atoms in total. The van der Waals surface area contributed by atoms with E-state index < -0.39 is 21.7 Å². The highest BCUT2D eigenvalue weighted by Crippen LogP contribution is 2.18. The van der Waals surface area contributed by atoms with E-state index in [1.165, 1.54) is 24.3 Å². The summed E-state index contributed by atoms with van der Waals surface area (Å²) in [4.78, 5) is -0.0700. The van der Waals surface area contributed by atoms with Crippen molar-refractivity contribution in [3.05, 3.63) is 59.7 Å². The highest BCUT2D eigenvalue weighted by atomic mass is 32.2. The van der Waals surface area contributed by atoms with Crippen molar-refractivity contribution in [2.75, 3.05) is 4.72 Å². The molecule has 7 heteroatoms. The molecule has 0 aliphatic carbocycles. The van der Waals surface area contributed by atoms with Gasteiger partial charge >= 0.3 is 0 Å². The maximum absolute atomic E-state index is 13.0. The van der Waals surface area contributed by atoms with Crippen molar-refractivity contribution >= 4 is 15.7 Å². The normalized spacial score (nSPS) is 11.3. The molecule has 0 unspecified atom stereocenters. The molecule has 2 aromatic carbocycles. The van der Waals surface area contributed by atoms with Crippen LogP contribution in [0.25, 0.3) is 0 Å². The zero-order chi connectivity index (χ0) is 14.8. The van der Waals surface area contributed by atoms with Crippen LogP contribution in [-0.2, 0) is 16.6 Å². The fourth-order valence-electron chi connectivity index (χ4n) is 1.60. The van der Waals surface area contributed by atoms with E-state index in [0.29, 0.717) is 11.6 Å². The first-order valence-electron chi connectivity index (χ1n) is 5.59. The molecule has 0 saturated heterocycles. The smallest absolute Gasteiger partial charge is 0.261 e. The van der Waals surface area contributed by atoms with E-state index in [1.54, 1.807) is 0 Å². The highest BCUT2D eigenvalue weighted by Gasteiger charge is 2.15. The monoisotopic (exact) mass is 299 g/mol. The van der Waals surface area contributed by atoms with Gasteiger partial charge in [-0.25, -0.2) is 17.2 Å². The average Bonchev–Trinajstić information content (AvgIpc) is 2.37. The maximum Gasteiger partial charge on any atom is 0.261 e. The van der Waals surface area contributed by atoms with E-state index in [4.69, 9.17) is 5.11 Å². The van der Waals surface area contributed by atoms with Gasteiger partial charge in [-0.2, -0.15) is 0 Å². The molecule has 0 heterocycles. The molecule has 0 radical (unpaired) electrons. The number of sulfonamides is 1. The van der Waals surface area contributed by atoms with Gasteiger partial charge in [0.2, 0.25) is 0 Å². The Hall–Kier alpha value is -1.99.